The number of carbonyl (C=O) groups is 2. The molecule has 1 aliphatic rings. The Morgan fingerprint density at radius 1 is 1.12 bits per heavy atom. The Morgan fingerprint density at radius 3 is 2.68 bits per heavy atom. The number of carbonyl (C=O) groups excluding carboxylic acids is 2. The Morgan fingerprint density at radius 2 is 1.88 bits per heavy atom. The number of oxazole rings is 1. The molecule has 0 spiro atoms. The predicted molar refractivity (Wildman–Crippen MR) is 93.1 cm³/mol. The lowest BCUT2D eigenvalue weighted by atomic mass is 10.2. The van der Waals surface area contributed by atoms with E-state index in [2.05, 4.69) is 5.32 Å². The molecule has 0 aliphatic carbocycles. The number of hydrogen-bond acceptors (Lipinski definition) is 4. The minimum absolute atomic E-state index is 0.102. The molecule has 0 radical (unpaired) electrons. The van der Waals surface area contributed by atoms with Crippen LogP contribution in [-0.4, -0.2) is 40.9 Å². The van der Waals surface area contributed by atoms with Crippen molar-refractivity contribution in [3.05, 3.63) is 34.8 Å². The number of amides is 2. The Kier molecular flexibility index (Phi) is 5.53. The number of benzene rings is 1. The average Bonchev–Trinajstić information content (AvgIpc) is 3.23. The van der Waals surface area contributed by atoms with Crippen molar-refractivity contribution in [1.29, 1.82) is 0 Å². The SMILES string of the molecule is O=C(CCCn1c(=O)oc2ccccc21)NCCC(=O)N1CCCC1. The molecule has 0 bridgehead atoms. The van der Waals surface area contributed by atoms with Gasteiger partial charge in [-0.3, -0.25) is 14.2 Å². The topological polar surface area (TPSA) is 84.5 Å². The Balaban J connectivity index is 1.39. The third-order valence-electron chi connectivity index (χ3n) is 4.48. The van der Waals surface area contributed by atoms with E-state index >= 15 is 0 Å². The number of rotatable bonds is 7. The molecule has 1 saturated heterocycles. The first kappa shape index (κ1) is 17.3. The van der Waals surface area contributed by atoms with Gasteiger partial charge >= 0.3 is 5.76 Å². The molecule has 2 amide bonds. The van der Waals surface area contributed by atoms with Crippen LogP contribution in [0.2, 0.25) is 0 Å². The van der Waals surface area contributed by atoms with Crippen molar-refractivity contribution in [2.75, 3.05) is 19.6 Å². The van der Waals surface area contributed by atoms with Gasteiger partial charge < -0.3 is 14.6 Å². The second-order valence-corrected chi connectivity index (χ2v) is 6.28. The molecule has 0 saturated carbocycles. The molecule has 1 aromatic heterocycles. The first-order valence-electron chi connectivity index (χ1n) is 8.78. The fourth-order valence-electron chi connectivity index (χ4n) is 3.15. The first-order valence-corrected chi connectivity index (χ1v) is 8.78. The summed E-state index contributed by atoms with van der Waals surface area (Å²) in [4.78, 5) is 37.5. The minimum Gasteiger partial charge on any atom is -0.408 e. The largest absolute Gasteiger partial charge is 0.419 e. The van der Waals surface area contributed by atoms with E-state index in [9.17, 15) is 14.4 Å². The van der Waals surface area contributed by atoms with Crippen LogP contribution in [0.15, 0.2) is 33.5 Å². The number of nitrogens with zero attached hydrogens (tertiary/aromatic N) is 2. The average molecular weight is 345 g/mol. The molecule has 7 nitrogen and oxygen atoms in total. The summed E-state index contributed by atoms with van der Waals surface area (Å²) in [7, 11) is 0. The smallest absolute Gasteiger partial charge is 0.408 e. The van der Waals surface area contributed by atoms with Gasteiger partial charge in [-0.2, -0.15) is 0 Å². The van der Waals surface area contributed by atoms with E-state index in [0.717, 1.165) is 31.4 Å². The number of aryl methyl sites for hydroxylation is 1. The molecule has 1 N–H and O–H groups in total. The molecule has 25 heavy (non-hydrogen) atoms. The van der Waals surface area contributed by atoms with Gasteiger partial charge in [-0.1, -0.05) is 12.1 Å². The van der Waals surface area contributed by atoms with Crippen molar-refractivity contribution in [2.24, 2.45) is 0 Å². The van der Waals surface area contributed by atoms with Gasteiger partial charge in [-0.15, -0.1) is 0 Å². The molecule has 2 heterocycles. The van der Waals surface area contributed by atoms with Crippen LogP contribution in [0.4, 0.5) is 0 Å². The van der Waals surface area contributed by atoms with Crippen molar-refractivity contribution in [3.8, 4) is 0 Å². The van der Waals surface area contributed by atoms with E-state index in [1.54, 1.807) is 10.6 Å². The van der Waals surface area contributed by atoms with Gasteiger partial charge in [0.2, 0.25) is 11.8 Å². The van der Waals surface area contributed by atoms with Gasteiger partial charge in [-0.25, -0.2) is 4.79 Å². The van der Waals surface area contributed by atoms with Crippen LogP contribution in [0, 0.1) is 0 Å². The Hall–Kier alpha value is -2.57. The summed E-state index contributed by atoms with van der Waals surface area (Å²) in [6.45, 7) is 2.46. The molecule has 0 unspecified atom stereocenters. The zero-order valence-electron chi connectivity index (χ0n) is 14.2. The second-order valence-electron chi connectivity index (χ2n) is 6.28. The third kappa shape index (κ3) is 4.29. The lowest BCUT2D eigenvalue weighted by Crippen LogP contribution is -2.32. The van der Waals surface area contributed by atoms with Crippen LogP contribution in [-0.2, 0) is 16.1 Å². The summed E-state index contributed by atoms with van der Waals surface area (Å²) in [6, 6.07) is 7.23. The summed E-state index contributed by atoms with van der Waals surface area (Å²) < 4.78 is 6.70. The molecule has 1 fully saturated rings. The van der Waals surface area contributed by atoms with Gasteiger partial charge in [0.05, 0.1) is 5.52 Å². The quantitative estimate of drug-likeness (QED) is 0.824. The number of likely N-dealkylation sites (tertiary alicyclic amines) is 1. The normalized spacial score (nSPS) is 14.2. The number of nitrogens with one attached hydrogen (secondary N) is 1. The second kappa shape index (κ2) is 8.00. The molecule has 7 heteroatoms. The van der Waals surface area contributed by atoms with Crippen molar-refractivity contribution < 1.29 is 14.0 Å². The van der Waals surface area contributed by atoms with Gasteiger partial charge in [0.15, 0.2) is 5.58 Å². The van der Waals surface area contributed by atoms with E-state index in [1.807, 2.05) is 23.1 Å². The van der Waals surface area contributed by atoms with Crippen LogP contribution >= 0.6 is 0 Å². The number of fused-ring (bicyclic) bond motifs is 1. The highest BCUT2D eigenvalue weighted by atomic mass is 16.4. The summed E-state index contributed by atoms with van der Waals surface area (Å²) in [5.74, 6) is -0.401. The molecular formula is C18H23N3O4. The van der Waals surface area contributed by atoms with Crippen molar-refractivity contribution in [1.82, 2.24) is 14.8 Å². The fraction of sp³-hybridized carbons (Fsp3) is 0.500. The first-order chi connectivity index (χ1) is 12.1. The highest BCUT2D eigenvalue weighted by molar-refractivity contribution is 5.79. The van der Waals surface area contributed by atoms with Crippen molar-refractivity contribution >= 4 is 22.9 Å². The van der Waals surface area contributed by atoms with Crippen molar-refractivity contribution in [3.63, 3.8) is 0 Å². The molecule has 134 valence electrons. The maximum absolute atomic E-state index is 11.9. The zero-order valence-corrected chi connectivity index (χ0v) is 14.2. The van der Waals surface area contributed by atoms with E-state index in [-0.39, 0.29) is 11.8 Å². The Labute approximate surface area is 145 Å². The van der Waals surface area contributed by atoms with Crippen molar-refractivity contribution in [2.45, 2.75) is 38.6 Å². The maximum Gasteiger partial charge on any atom is 0.419 e. The molecule has 2 aromatic rings. The molecule has 1 aromatic carbocycles. The summed E-state index contributed by atoms with van der Waals surface area (Å²) in [5, 5.41) is 2.77. The zero-order chi connectivity index (χ0) is 17.6. The van der Waals surface area contributed by atoms with E-state index in [4.69, 9.17) is 4.42 Å². The molecule has 1 aliphatic heterocycles. The van der Waals surface area contributed by atoms with E-state index in [0.29, 0.717) is 37.9 Å². The molecule has 0 atom stereocenters. The lowest BCUT2D eigenvalue weighted by Gasteiger charge is -2.15. The molecule has 3 rings (SSSR count). The highest BCUT2D eigenvalue weighted by Crippen LogP contribution is 2.12. The number of hydrogen-bond donors (Lipinski definition) is 1. The third-order valence-corrected chi connectivity index (χ3v) is 4.48. The van der Waals surface area contributed by atoms with Gasteiger partial charge in [0.25, 0.3) is 0 Å². The van der Waals surface area contributed by atoms with Crippen LogP contribution in [0.3, 0.4) is 0 Å². The standard InChI is InChI=1S/C18H23N3O4/c22-16(19-10-9-17(23)20-11-3-4-12-20)8-5-13-21-14-6-1-2-7-15(14)25-18(21)24/h1-2,6-7H,3-5,8-13H2,(H,19,22). The van der Waals surface area contributed by atoms with Crippen LogP contribution in [0.5, 0.6) is 0 Å². The van der Waals surface area contributed by atoms with Gasteiger partial charge in [-0.05, 0) is 31.4 Å². The lowest BCUT2D eigenvalue weighted by molar-refractivity contribution is -0.130. The van der Waals surface area contributed by atoms with Crippen LogP contribution < -0.4 is 11.1 Å². The fourth-order valence-corrected chi connectivity index (χ4v) is 3.15. The highest BCUT2D eigenvalue weighted by Gasteiger charge is 2.17. The monoisotopic (exact) mass is 345 g/mol. The maximum atomic E-state index is 11.9. The van der Waals surface area contributed by atoms with Crippen LogP contribution in [0.1, 0.15) is 32.1 Å². The Bertz CT molecular complexity index is 802. The summed E-state index contributed by atoms with van der Waals surface area (Å²) in [6.07, 6.45) is 3.33. The van der Waals surface area contributed by atoms with E-state index < -0.39 is 5.76 Å². The molecular weight excluding hydrogens is 322 g/mol. The minimum atomic E-state index is -0.405. The summed E-state index contributed by atoms with van der Waals surface area (Å²) in [5.41, 5.74) is 1.29. The summed E-state index contributed by atoms with van der Waals surface area (Å²) >= 11 is 0. The van der Waals surface area contributed by atoms with Gasteiger partial charge in [0, 0.05) is 39.0 Å². The number of para-hydroxylation sites is 2. The van der Waals surface area contributed by atoms with Gasteiger partial charge in [0.1, 0.15) is 0 Å². The number of aromatic nitrogens is 1. The predicted octanol–water partition coefficient (Wildman–Crippen LogP) is 1.50. The van der Waals surface area contributed by atoms with E-state index in [1.165, 1.54) is 0 Å². The van der Waals surface area contributed by atoms with Crippen LogP contribution in [0.25, 0.3) is 11.1 Å².